The van der Waals surface area contributed by atoms with Crippen LogP contribution in [0.4, 0.5) is 11.8 Å². The Bertz CT molecular complexity index is 670. The van der Waals surface area contributed by atoms with Crippen LogP contribution in [-0.4, -0.2) is 16.0 Å². The zero-order chi connectivity index (χ0) is 16.2. The summed E-state index contributed by atoms with van der Waals surface area (Å²) in [7, 11) is 0. The van der Waals surface area contributed by atoms with Crippen LogP contribution in [0.3, 0.4) is 0 Å². The fourth-order valence-electron chi connectivity index (χ4n) is 2.37. The van der Waals surface area contributed by atoms with Crippen molar-refractivity contribution in [3.8, 4) is 0 Å². The lowest BCUT2D eigenvalue weighted by molar-refractivity contribution is 0.750. The number of nitrogens with one attached hydrogen (secondary N) is 2. The number of halogens is 1. The summed E-state index contributed by atoms with van der Waals surface area (Å²) in [6.45, 7) is 5.07. The van der Waals surface area contributed by atoms with E-state index in [0.29, 0.717) is 12.0 Å². The maximum absolute atomic E-state index is 4.68. The SMILES string of the molecule is CC[C@@H](C)Nc1nc(NCc2cccc(Br)c2)cc(C2CC2)n1. The highest BCUT2D eigenvalue weighted by Crippen LogP contribution is 2.40. The van der Waals surface area contributed by atoms with E-state index in [9.17, 15) is 0 Å². The molecule has 0 saturated heterocycles. The van der Waals surface area contributed by atoms with Gasteiger partial charge in [-0.25, -0.2) is 4.98 Å². The third-order valence-corrected chi connectivity index (χ3v) is 4.59. The molecule has 4 nitrogen and oxygen atoms in total. The number of benzene rings is 1. The minimum absolute atomic E-state index is 0.377. The molecule has 1 aromatic heterocycles. The lowest BCUT2D eigenvalue weighted by atomic mass is 10.2. The lowest BCUT2D eigenvalue weighted by Gasteiger charge is -2.14. The van der Waals surface area contributed by atoms with E-state index < -0.39 is 0 Å². The highest BCUT2D eigenvalue weighted by atomic mass is 79.9. The Morgan fingerprint density at radius 3 is 2.78 bits per heavy atom. The molecule has 2 aromatic rings. The first kappa shape index (κ1) is 16.2. The molecular weight excluding hydrogens is 352 g/mol. The van der Waals surface area contributed by atoms with Gasteiger partial charge in [0.05, 0.1) is 5.69 Å². The summed E-state index contributed by atoms with van der Waals surface area (Å²) in [5, 5.41) is 6.82. The third-order valence-electron chi connectivity index (χ3n) is 4.09. The van der Waals surface area contributed by atoms with Crippen molar-refractivity contribution in [1.29, 1.82) is 0 Å². The van der Waals surface area contributed by atoms with Crippen LogP contribution < -0.4 is 10.6 Å². The Morgan fingerprint density at radius 1 is 1.26 bits per heavy atom. The van der Waals surface area contributed by atoms with Gasteiger partial charge < -0.3 is 10.6 Å². The van der Waals surface area contributed by atoms with Crippen molar-refractivity contribution in [2.75, 3.05) is 10.6 Å². The Morgan fingerprint density at radius 2 is 2.09 bits per heavy atom. The quantitative estimate of drug-likeness (QED) is 0.720. The van der Waals surface area contributed by atoms with E-state index in [4.69, 9.17) is 0 Å². The Hall–Kier alpha value is -1.62. The van der Waals surface area contributed by atoms with E-state index in [0.717, 1.165) is 34.9 Å². The topological polar surface area (TPSA) is 49.8 Å². The highest BCUT2D eigenvalue weighted by Gasteiger charge is 2.26. The van der Waals surface area contributed by atoms with Crippen LogP contribution in [0.15, 0.2) is 34.8 Å². The zero-order valence-corrected chi connectivity index (χ0v) is 15.2. The second-order valence-electron chi connectivity index (χ2n) is 6.21. The molecule has 0 bridgehead atoms. The summed E-state index contributed by atoms with van der Waals surface area (Å²) in [4.78, 5) is 9.31. The van der Waals surface area contributed by atoms with E-state index in [1.54, 1.807) is 0 Å². The van der Waals surface area contributed by atoms with Crippen LogP contribution in [0.5, 0.6) is 0 Å². The number of hydrogen-bond acceptors (Lipinski definition) is 4. The van der Waals surface area contributed by atoms with Crippen molar-refractivity contribution < 1.29 is 0 Å². The Kier molecular flexibility index (Phi) is 5.16. The molecule has 1 heterocycles. The zero-order valence-electron chi connectivity index (χ0n) is 13.6. The van der Waals surface area contributed by atoms with E-state index in [1.807, 2.05) is 12.1 Å². The van der Waals surface area contributed by atoms with Crippen LogP contribution in [0, 0.1) is 0 Å². The van der Waals surface area contributed by atoms with Crippen molar-refractivity contribution >= 4 is 27.7 Å². The van der Waals surface area contributed by atoms with Gasteiger partial charge in [-0.05, 0) is 43.9 Å². The molecule has 5 heteroatoms. The fraction of sp³-hybridized carbons (Fsp3) is 0.444. The molecular formula is C18H23BrN4. The molecule has 122 valence electrons. The minimum atomic E-state index is 0.377. The largest absolute Gasteiger partial charge is 0.366 e. The first-order chi connectivity index (χ1) is 11.1. The Labute approximate surface area is 146 Å². The summed E-state index contributed by atoms with van der Waals surface area (Å²) in [6, 6.07) is 10.8. The van der Waals surface area contributed by atoms with Crippen LogP contribution in [0.2, 0.25) is 0 Å². The molecule has 0 aliphatic heterocycles. The second kappa shape index (κ2) is 7.30. The normalized spacial score (nSPS) is 15.3. The second-order valence-corrected chi connectivity index (χ2v) is 7.13. The van der Waals surface area contributed by atoms with Gasteiger partial charge in [0.25, 0.3) is 0 Å². The first-order valence-electron chi connectivity index (χ1n) is 8.28. The predicted octanol–water partition coefficient (Wildman–Crippen LogP) is 4.94. The van der Waals surface area contributed by atoms with Crippen LogP contribution in [0.25, 0.3) is 0 Å². The summed E-state index contributed by atoms with van der Waals surface area (Å²) in [5.74, 6) is 2.25. The standard InChI is InChI=1S/C18H23BrN4/c1-3-12(2)21-18-22-16(14-7-8-14)10-17(23-18)20-11-13-5-4-6-15(19)9-13/h4-6,9-10,12,14H,3,7-8,11H2,1-2H3,(H2,20,21,22,23)/t12-/m1/s1. The van der Waals surface area contributed by atoms with E-state index in [-0.39, 0.29) is 0 Å². The summed E-state index contributed by atoms with van der Waals surface area (Å²) in [6.07, 6.45) is 3.54. The average Bonchev–Trinajstić information content (AvgIpc) is 3.37. The van der Waals surface area contributed by atoms with Gasteiger partial charge in [-0.2, -0.15) is 4.98 Å². The number of hydrogen-bond donors (Lipinski definition) is 2. The summed E-state index contributed by atoms with van der Waals surface area (Å²) in [5.41, 5.74) is 2.38. The van der Waals surface area contributed by atoms with Crippen LogP contribution >= 0.6 is 15.9 Å². The van der Waals surface area contributed by atoms with E-state index in [1.165, 1.54) is 18.4 Å². The number of nitrogens with zero attached hydrogens (tertiary/aromatic N) is 2. The van der Waals surface area contributed by atoms with Gasteiger partial charge in [0, 0.05) is 29.0 Å². The van der Waals surface area contributed by atoms with Gasteiger partial charge in [0.15, 0.2) is 0 Å². The summed E-state index contributed by atoms with van der Waals surface area (Å²) >= 11 is 3.51. The van der Waals surface area contributed by atoms with Crippen LogP contribution in [-0.2, 0) is 6.54 Å². The molecule has 0 amide bonds. The predicted molar refractivity (Wildman–Crippen MR) is 98.9 cm³/mol. The van der Waals surface area contributed by atoms with Crippen molar-refractivity contribution in [2.45, 2.75) is 51.6 Å². The monoisotopic (exact) mass is 374 g/mol. The fourth-order valence-corrected chi connectivity index (χ4v) is 2.82. The number of aromatic nitrogens is 2. The van der Waals surface area contributed by atoms with Crippen molar-refractivity contribution in [3.63, 3.8) is 0 Å². The number of rotatable bonds is 7. The van der Waals surface area contributed by atoms with Gasteiger partial charge in [-0.1, -0.05) is 35.0 Å². The van der Waals surface area contributed by atoms with Crippen LogP contribution in [0.1, 0.15) is 50.3 Å². The third kappa shape index (κ3) is 4.67. The van der Waals surface area contributed by atoms with Crippen molar-refractivity contribution in [2.24, 2.45) is 0 Å². The van der Waals surface area contributed by atoms with Gasteiger partial charge in [-0.3, -0.25) is 0 Å². The smallest absolute Gasteiger partial charge is 0.225 e. The van der Waals surface area contributed by atoms with Crippen molar-refractivity contribution in [1.82, 2.24) is 9.97 Å². The number of anilines is 2. The molecule has 0 unspecified atom stereocenters. The molecule has 1 atom stereocenters. The van der Waals surface area contributed by atoms with Gasteiger partial charge >= 0.3 is 0 Å². The molecule has 2 N–H and O–H groups in total. The van der Waals surface area contributed by atoms with E-state index in [2.05, 4.69) is 68.6 Å². The molecule has 1 aromatic carbocycles. The lowest BCUT2D eigenvalue weighted by Crippen LogP contribution is -2.17. The molecule has 1 fully saturated rings. The van der Waals surface area contributed by atoms with E-state index >= 15 is 0 Å². The van der Waals surface area contributed by atoms with Gasteiger partial charge in [0.2, 0.25) is 5.95 Å². The molecule has 1 saturated carbocycles. The maximum Gasteiger partial charge on any atom is 0.225 e. The minimum Gasteiger partial charge on any atom is -0.366 e. The van der Waals surface area contributed by atoms with Gasteiger partial charge in [0.1, 0.15) is 5.82 Å². The van der Waals surface area contributed by atoms with Gasteiger partial charge in [-0.15, -0.1) is 0 Å². The summed E-state index contributed by atoms with van der Waals surface area (Å²) < 4.78 is 1.09. The first-order valence-corrected chi connectivity index (χ1v) is 9.07. The maximum atomic E-state index is 4.68. The molecule has 3 rings (SSSR count). The highest BCUT2D eigenvalue weighted by molar-refractivity contribution is 9.10. The molecule has 0 spiro atoms. The Balaban J connectivity index is 1.74. The molecule has 0 radical (unpaired) electrons. The van der Waals surface area contributed by atoms with Crippen molar-refractivity contribution in [3.05, 3.63) is 46.1 Å². The molecule has 23 heavy (non-hydrogen) atoms. The molecule has 1 aliphatic rings. The average molecular weight is 375 g/mol. The molecule has 1 aliphatic carbocycles.